The topological polar surface area (TPSA) is 95.9 Å². The Balaban J connectivity index is 2.06. The van der Waals surface area contributed by atoms with Gasteiger partial charge in [0, 0.05) is 7.11 Å². The van der Waals surface area contributed by atoms with Gasteiger partial charge in [0.05, 0.1) is 78.2 Å². The second kappa shape index (κ2) is 14.1. The Bertz CT molecular complexity index is 415. The molecule has 1 heterocycles. The van der Waals surface area contributed by atoms with Crippen LogP contribution in [0.15, 0.2) is 0 Å². The van der Waals surface area contributed by atoms with Crippen LogP contribution < -0.4 is 0 Å². The summed E-state index contributed by atoms with van der Waals surface area (Å²) in [6.07, 6.45) is 0.0353. The summed E-state index contributed by atoms with van der Waals surface area (Å²) < 4.78 is 32.2. The molecule has 1 aliphatic rings. The molecule has 0 bridgehead atoms. The quantitative estimate of drug-likeness (QED) is 0.427. The van der Waals surface area contributed by atoms with E-state index >= 15 is 0 Å². The van der Waals surface area contributed by atoms with Gasteiger partial charge in [-0.05, 0) is 27.2 Å². The predicted molar refractivity (Wildman–Crippen MR) is 103 cm³/mol. The zero-order chi connectivity index (χ0) is 20.8. The molecule has 0 spiro atoms. The van der Waals surface area contributed by atoms with E-state index in [0.29, 0.717) is 65.8 Å². The van der Waals surface area contributed by atoms with Crippen molar-refractivity contribution in [2.24, 2.45) is 0 Å². The molecule has 28 heavy (non-hydrogen) atoms. The van der Waals surface area contributed by atoms with Gasteiger partial charge in [-0.15, -0.1) is 0 Å². The zero-order valence-corrected chi connectivity index (χ0v) is 17.7. The van der Waals surface area contributed by atoms with Gasteiger partial charge in [-0.2, -0.15) is 0 Å². The standard InChI is InChI=1S/C19H37NO8/c1-19(2,3)28-18(22)20-14-17(13-16(20)15-21)27-12-11-26-10-9-25-8-7-24-6-5-23-4/h16-17,21H,5-15H2,1-4H3/t16-,17-/m0/s1. The van der Waals surface area contributed by atoms with Crippen LogP contribution in [0.2, 0.25) is 0 Å². The summed E-state index contributed by atoms with van der Waals surface area (Å²) in [4.78, 5) is 13.8. The number of aliphatic hydroxyl groups is 1. The Labute approximate surface area is 168 Å². The van der Waals surface area contributed by atoms with E-state index < -0.39 is 11.7 Å². The molecule has 0 unspecified atom stereocenters. The average molecular weight is 408 g/mol. The van der Waals surface area contributed by atoms with Gasteiger partial charge < -0.3 is 38.4 Å². The normalized spacial score (nSPS) is 20.0. The second-order valence-electron chi connectivity index (χ2n) is 7.53. The van der Waals surface area contributed by atoms with Gasteiger partial charge in [0.15, 0.2) is 0 Å². The highest BCUT2D eigenvalue weighted by molar-refractivity contribution is 5.69. The number of amides is 1. The number of ether oxygens (including phenoxy) is 6. The van der Waals surface area contributed by atoms with E-state index in [1.165, 1.54) is 0 Å². The molecular formula is C19H37NO8. The van der Waals surface area contributed by atoms with Crippen molar-refractivity contribution in [1.82, 2.24) is 4.90 Å². The highest BCUT2D eigenvalue weighted by Gasteiger charge is 2.37. The van der Waals surface area contributed by atoms with E-state index in [-0.39, 0.29) is 18.8 Å². The average Bonchev–Trinajstić information content (AvgIpc) is 3.05. The molecule has 9 nitrogen and oxygen atoms in total. The lowest BCUT2D eigenvalue weighted by Gasteiger charge is -2.27. The van der Waals surface area contributed by atoms with Crippen LogP contribution in [0.5, 0.6) is 0 Å². The first-order valence-electron chi connectivity index (χ1n) is 9.81. The summed E-state index contributed by atoms with van der Waals surface area (Å²) in [6.45, 7) is 9.81. The molecule has 0 aromatic heterocycles. The highest BCUT2D eigenvalue weighted by Crippen LogP contribution is 2.22. The Morgan fingerprint density at radius 2 is 1.50 bits per heavy atom. The fraction of sp³-hybridized carbons (Fsp3) is 0.947. The predicted octanol–water partition coefficient (Wildman–Crippen LogP) is 1.07. The van der Waals surface area contributed by atoms with Gasteiger partial charge in [0.1, 0.15) is 5.60 Å². The Hall–Kier alpha value is -0.970. The molecule has 0 aromatic rings. The van der Waals surface area contributed by atoms with E-state index in [1.54, 1.807) is 12.0 Å². The maximum Gasteiger partial charge on any atom is 0.410 e. The Kier molecular flexibility index (Phi) is 12.6. The lowest BCUT2D eigenvalue weighted by Crippen LogP contribution is -2.41. The largest absolute Gasteiger partial charge is 0.444 e. The van der Waals surface area contributed by atoms with Crippen molar-refractivity contribution in [1.29, 1.82) is 0 Å². The molecule has 0 saturated carbocycles. The van der Waals surface area contributed by atoms with Crippen LogP contribution in [0.4, 0.5) is 4.79 Å². The summed E-state index contributed by atoms with van der Waals surface area (Å²) in [5.41, 5.74) is -0.567. The van der Waals surface area contributed by atoms with Gasteiger partial charge in [-0.1, -0.05) is 0 Å². The SMILES string of the molecule is COCCOCCOCCOCCO[C@H]1C[C@@H](CO)N(C(=O)OC(C)(C)C)C1. The van der Waals surface area contributed by atoms with Crippen LogP contribution in [-0.4, -0.2) is 107 Å². The van der Waals surface area contributed by atoms with Crippen molar-refractivity contribution in [3.05, 3.63) is 0 Å². The molecule has 166 valence electrons. The first kappa shape index (κ1) is 25.1. The van der Waals surface area contributed by atoms with E-state index in [4.69, 9.17) is 28.4 Å². The summed E-state index contributed by atoms with van der Waals surface area (Å²) in [5.74, 6) is 0. The maximum absolute atomic E-state index is 12.2. The molecule has 0 aliphatic carbocycles. The monoisotopic (exact) mass is 407 g/mol. The second-order valence-corrected chi connectivity index (χ2v) is 7.53. The highest BCUT2D eigenvalue weighted by atomic mass is 16.6. The molecule has 1 N–H and O–H groups in total. The smallest absolute Gasteiger partial charge is 0.410 e. The molecular weight excluding hydrogens is 370 g/mol. The minimum Gasteiger partial charge on any atom is -0.444 e. The molecule has 1 rings (SSSR count). The number of carbonyl (C=O) groups excluding carboxylic acids is 1. The van der Waals surface area contributed by atoms with Gasteiger partial charge in [-0.25, -0.2) is 4.79 Å². The van der Waals surface area contributed by atoms with Crippen LogP contribution in [0.25, 0.3) is 0 Å². The third-order valence-corrected chi connectivity index (χ3v) is 3.97. The van der Waals surface area contributed by atoms with Crippen molar-refractivity contribution < 1.29 is 38.3 Å². The molecule has 1 saturated heterocycles. The first-order valence-corrected chi connectivity index (χ1v) is 9.81. The Morgan fingerprint density at radius 1 is 0.964 bits per heavy atom. The number of likely N-dealkylation sites (tertiary alicyclic amines) is 1. The van der Waals surface area contributed by atoms with Crippen LogP contribution >= 0.6 is 0 Å². The summed E-state index contributed by atoms with van der Waals surface area (Å²) >= 11 is 0. The van der Waals surface area contributed by atoms with Crippen molar-refractivity contribution in [3.63, 3.8) is 0 Å². The molecule has 9 heteroatoms. The van der Waals surface area contributed by atoms with Crippen LogP contribution in [0.1, 0.15) is 27.2 Å². The minimum atomic E-state index is -0.567. The third kappa shape index (κ3) is 11.1. The number of rotatable bonds is 14. The van der Waals surface area contributed by atoms with Gasteiger partial charge in [-0.3, -0.25) is 0 Å². The van der Waals surface area contributed by atoms with E-state index in [2.05, 4.69) is 0 Å². The summed E-state index contributed by atoms with van der Waals surface area (Å²) in [5, 5.41) is 9.52. The van der Waals surface area contributed by atoms with Crippen LogP contribution in [0, 0.1) is 0 Å². The van der Waals surface area contributed by atoms with Gasteiger partial charge in [0.2, 0.25) is 0 Å². The third-order valence-electron chi connectivity index (χ3n) is 3.97. The van der Waals surface area contributed by atoms with E-state index in [1.807, 2.05) is 20.8 Å². The number of nitrogens with zero attached hydrogens (tertiary/aromatic N) is 1. The number of hydrogen-bond donors (Lipinski definition) is 1. The molecule has 1 amide bonds. The summed E-state index contributed by atoms with van der Waals surface area (Å²) in [6, 6.07) is -0.278. The van der Waals surface area contributed by atoms with Crippen molar-refractivity contribution in [3.8, 4) is 0 Å². The minimum absolute atomic E-state index is 0.109. The van der Waals surface area contributed by atoms with E-state index in [0.717, 1.165) is 0 Å². The van der Waals surface area contributed by atoms with Crippen molar-refractivity contribution in [2.45, 2.75) is 44.9 Å². The summed E-state index contributed by atoms with van der Waals surface area (Å²) in [7, 11) is 1.63. The molecule has 0 aromatic carbocycles. The maximum atomic E-state index is 12.2. The molecule has 1 fully saturated rings. The van der Waals surface area contributed by atoms with Gasteiger partial charge in [0.25, 0.3) is 0 Å². The number of hydrogen-bond acceptors (Lipinski definition) is 8. The number of methoxy groups -OCH3 is 1. The molecule has 2 atom stereocenters. The fourth-order valence-electron chi connectivity index (χ4n) is 2.67. The number of aliphatic hydroxyl groups excluding tert-OH is 1. The van der Waals surface area contributed by atoms with Gasteiger partial charge >= 0.3 is 6.09 Å². The number of carbonyl (C=O) groups is 1. The zero-order valence-electron chi connectivity index (χ0n) is 17.7. The lowest BCUT2D eigenvalue weighted by molar-refractivity contribution is -0.0203. The Morgan fingerprint density at radius 3 is 2.00 bits per heavy atom. The van der Waals surface area contributed by atoms with Crippen LogP contribution in [0.3, 0.4) is 0 Å². The lowest BCUT2D eigenvalue weighted by atomic mass is 10.2. The molecule has 0 radical (unpaired) electrons. The first-order chi connectivity index (χ1) is 13.4. The van der Waals surface area contributed by atoms with E-state index in [9.17, 15) is 9.90 Å². The van der Waals surface area contributed by atoms with Crippen molar-refractivity contribution in [2.75, 3.05) is 73.1 Å². The molecule has 1 aliphatic heterocycles. The van der Waals surface area contributed by atoms with Crippen LogP contribution in [-0.2, 0) is 28.4 Å². The van der Waals surface area contributed by atoms with Crippen molar-refractivity contribution >= 4 is 6.09 Å². The fourth-order valence-corrected chi connectivity index (χ4v) is 2.67.